The lowest BCUT2D eigenvalue weighted by molar-refractivity contribution is 0.102. The van der Waals surface area contributed by atoms with Gasteiger partial charge in [0.15, 0.2) is 0 Å². The lowest BCUT2D eigenvalue weighted by atomic mass is 10.2. The second-order valence-electron chi connectivity index (χ2n) is 6.28. The Morgan fingerprint density at radius 3 is 2.43 bits per heavy atom. The maximum absolute atomic E-state index is 13.1. The van der Waals surface area contributed by atoms with Crippen LogP contribution in [0.4, 0.5) is 15.8 Å². The molecule has 0 bridgehead atoms. The van der Waals surface area contributed by atoms with E-state index in [0.717, 1.165) is 4.31 Å². The van der Waals surface area contributed by atoms with Crippen molar-refractivity contribution in [3.8, 4) is 5.75 Å². The molecule has 0 aliphatic carbocycles. The Balaban J connectivity index is 1.89. The maximum atomic E-state index is 13.1. The quantitative estimate of drug-likeness (QED) is 0.599. The maximum Gasteiger partial charge on any atom is 0.264 e. The molecule has 30 heavy (non-hydrogen) atoms. The van der Waals surface area contributed by atoms with Crippen molar-refractivity contribution in [1.29, 1.82) is 0 Å². The minimum absolute atomic E-state index is 0.0833. The molecule has 1 N–H and O–H groups in total. The number of halogens is 2. The van der Waals surface area contributed by atoms with Crippen LogP contribution in [0.3, 0.4) is 0 Å². The minimum Gasteiger partial charge on any atom is -0.495 e. The molecule has 0 atom stereocenters. The molecule has 0 aliphatic heterocycles. The molecular weight excluding hydrogens is 431 g/mol. The molecule has 1 amide bonds. The number of carbonyl (C=O) groups excluding carboxylic acids is 1. The Morgan fingerprint density at radius 1 is 1.07 bits per heavy atom. The highest BCUT2D eigenvalue weighted by atomic mass is 35.5. The SMILES string of the molecule is COc1ccc(Cl)cc1NC(=O)c1cccc(S(=O)(=O)N(C)c2ccc(F)cc2)c1. The van der Waals surface area contributed by atoms with Crippen molar-refractivity contribution in [3.05, 3.63) is 83.1 Å². The zero-order valence-corrected chi connectivity index (χ0v) is 17.7. The van der Waals surface area contributed by atoms with Gasteiger partial charge in [-0.3, -0.25) is 9.10 Å². The summed E-state index contributed by atoms with van der Waals surface area (Å²) in [5.41, 5.74) is 0.771. The number of carbonyl (C=O) groups is 1. The van der Waals surface area contributed by atoms with Crippen LogP contribution in [0.2, 0.25) is 5.02 Å². The molecule has 156 valence electrons. The van der Waals surface area contributed by atoms with Crippen LogP contribution in [0.15, 0.2) is 71.6 Å². The lowest BCUT2D eigenvalue weighted by Crippen LogP contribution is -2.27. The average molecular weight is 449 g/mol. The van der Waals surface area contributed by atoms with Crippen LogP contribution >= 0.6 is 11.6 Å². The molecule has 3 aromatic carbocycles. The van der Waals surface area contributed by atoms with Gasteiger partial charge in [0.2, 0.25) is 0 Å². The van der Waals surface area contributed by atoms with E-state index in [1.54, 1.807) is 12.1 Å². The van der Waals surface area contributed by atoms with E-state index in [1.807, 2.05) is 0 Å². The van der Waals surface area contributed by atoms with Gasteiger partial charge in [-0.05, 0) is 60.7 Å². The Hall–Kier alpha value is -3.10. The first kappa shape index (κ1) is 21.6. The first-order valence-corrected chi connectivity index (χ1v) is 10.5. The van der Waals surface area contributed by atoms with E-state index >= 15 is 0 Å². The van der Waals surface area contributed by atoms with Crippen molar-refractivity contribution >= 4 is 38.9 Å². The van der Waals surface area contributed by atoms with E-state index in [1.165, 1.54) is 68.8 Å². The summed E-state index contributed by atoms with van der Waals surface area (Å²) in [7, 11) is -1.16. The van der Waals surface area contributed by atoms with Crippen LogP contribution in [-0.2, 0) is 10.0 Å². The minimum atomic E-state index is -3.97. The van der Waals surface area contributed by atoms with E-state index in [2.05, 4.69) is 5.32 Å². The molecular formula is C21H18ClFN2O4S. The summed E-state index contributed by atoms with van der Waals surface area (Å²) in [4.78, 5) is 12.6. The topological polar surface area (TPSA) is 75.7 Å². The van der Waals surface area contributed by atoms with Crippen molar-refractivity contribution in [2.24, 2.45) is 0 Å². The van der Waals surface area contributed by atoms with E-state index in [-0.39, 0.29) is 16.1 Å². The van der Waals surface area contributed by atoms with Crippen LogP contribution in [0.5, 0.6) is 5.75 Å². The molecule has 0 radical (unpaired) electrons. The van der Waals surface area contributed by atoms with Gasteiger partial charge in [0, 0.05) is 17.6 Å². The number of nitrogens with zero attached hydrogens (tertiary/aromatic N) is 1. The van der Waals surface area contributed by atoms with Gasteiger partial charge in [0.25, 0.3) is 15.9 Å². The van der Waals surface area contributed by atoms with Crippen LogP contribution in [0.25, 0.3) is 0 Å². The number of ether oxygens (including phenoxy) is 1. The van der Waals surface area contributed by atoms with Gasteiger partial charge in [-0.15, -0.1) is 0 Å². The summed E-state index contributed by atoms with van der Waals surface area (Å²) in [5, 5.41) is 3.07. The summed E-state index contributed by atoms with van der Waals surface area (Å²) >= 11 is 5.98. The molecule has 0 heterocycles. The number of anilines is 2. The van der Waals surface area contributed by atoms with Gasteiger partial charge in [-0.1, -0.05) is 17.7 Å². The Kier molecular flexibility index (Phi) is 6.28. The third-order valence-corrected chi connectivity index (χ3v) is 6.37. The average Bonchev–Trinajstić information content (AvgIpc) is 2.74. The molecule has 6 nitrogen and oxygen atoms in total. The van der Waals surface area contributed by atoms with Gasteiger partial charge < -0.3 is 10.1 Å². The number of nitrogens with one attached hydrogen (secondary N) is 1. The molecule has 0 saturated carbocycles. The summed E-state index contributed by atoms with van der Waals surface area (Å²) in [5.74, 6) is -0.593. The van der Waals surface area contributed by atoms with Crippen molar-refractivity contribution in [1.82, 2.24) is 0 Å². The number of hydrogen-bond acceptors (Lipinski definition) is 4. The largest absolute Gasteiger partial charge is 0.495 e. The lowest BCUT2D eigenvalue weighted by Gasteiger charge is -2.20. The van der Waals surface area contributed by atoms with E-state index in [4.69, 9.17) is 16.3 Å². The second kappa shape index (κ2) is 8.73. The number of sulfonamides is 1. The molecule has 0 aliphatic rings. The number of rotatable bonds is 6. The van der Waals surface area contributed by atoms with Gasteiger partial charge in [-0.25, -0.2) is 12.8 Å². The van der Waals surface area contributed by atoms with Gasteiger partial charge in [0.1, 0.15) is 11.6 Å². The van der Waals surface area contributed by atoms with E-state index in [0.29, 0.717) is 16.5 Å². The van der Waals surface area contributed by atoms with Gasteiger partial charge in [-0.2, -0.15) is 0 Å². The number of methoxy groups -OCH3 is 1. The van der Waals surface area contributed by atoms with E-state index in [9.17, 15) is 17.6 Å². The van der Waals surface area contributed by atoms with Crippen LogP contribution in [0, 0.1) is 5.82 Å². The zero-order valence-electron chi connectivity index (χ0n) is 16.1. The summed E-state index contributed by atoms with van der Waals surface area (Å²) in [6.07, 6.45) is 0. The molecule has 0 saturated heterocycles. The highest BCUT2D eigenvalue weighted by Gasteiger charge is 2.23. The van der Waals surface area contributed by atoms with Crippen molar-refractivity contribution in [2.75, 3.05) is 23.8 Å². The third kappa shape index (κ3) is 4.55. The highest BCUT2D eigenvalue weighted by Crippen LogP contribution is 2.28. The van der Waals surface area contributed by atoms with Gasteiger partial charge in [0.05, 0.1) is 23.4 Å². The highest BCUT2D eigenvalue weighted by molar-refractivity contribution is 7.92. The molecule has 0 aromatic heterocycles. The van der Waals surface area contributed by atoms with Crippen molar-refractivity contribution in [2.45, 2.75) is 4.90 Å². The zero-order chi connectivity index (χ0) is 21.9. The van der Waals surface area contributed by atoms with Crippen molar-refractivity contribution < 1.29 is 22.3 Å². The first-order valence-electron chi connectivity index (χ1n) is 8.72. The molecule has 3 rings (SSSR count). The first-order chi connectivity index (χ1) is 14.2. The molecule has 0 fully saturated rings. The van der Waals surface area contributed by atoms with Crippen LogP contribution in [0.1, 0.15) is 10.4 Å². The van der Waals surface area contributed by atoms with Crippen LogP contribution in [-0.4, -0.2) is 28.5 Å². The molecule has 9 heteroatoms. The summed E-state index contributed by atoms with van der Waals surface area (Å²) in [6.45, 7) is 0. The number of benzene rings is 3. The summed E-state index contributed by atoms with van der Waals surface area (Å²) < 4.78 is 45.3. The standard InChI is InChI=1S/C21H18ClFN2O4S/c1-25(17-9-7-16(23)8-10-17)30(27,28)18-5-3-4-14(12-18)21(26)24-19-13-15(22)6-11-20(19)29-2/h3-13H,1-2H3,(H,24,26). The fourth-order valence-corrected chi connectivity index (χ4v) is 4.13. The fraction of sp³-hybridized carbons (Fsp3) is 0.0952. The summed E-state index contributed by atoms with van der Waals surface area (Å²) in [6, 6.07) is 15.4. The fourth-order valence-electron chi connectivity index (χ4n) is 2.72. The van der Waals surface area contributed by atoms with Crippen molar-refractivity contribution in [3.63, 3.8) is 0 Å². The predicted molar refractivity (Wildman–Crippen MR) is 114 cm³/mol. The predicted octanol–water partition coefficient (Wildman–Crippen LogP) is 4.57. The monoisotopic (exact) mass is 448 g/mol. The van der Waals surface area contributed by atoms with Crippen LogP contribution < -0.4 is 14.4 Å². The number of hydrogen-bond donors (Lipinski definition) is 1. The smallest absolute Gasteiger partial charge is 0.264 e. The number of amides is 1. The Bertz CT molecular complexity index is 1180. The molecule has 0 spiro atoms. The Labute approximate surface area is 178 Å². The van der Waals surface area contributed by atoms with E-state index < -0.39 is 21.7 Å². The third-order valence-electron chi connectivity index (χ3n) is 4.35. The Morgan fingerprint density at radius 2 is 1.77 bits per heavy atom. The normalized spacial score (nSPS) is 11.1. The molecule has 0 unspecified atom stereocenters. The molecule has 3 aromatic rings. The van der Waals surface area contributed by atoms with Gasteiger partial charge >= 0.3 is 0 Å². The second-order valence-corrected chi connectivity index (χ2v) is 8.68.